The van der Waals surface area contributed by atoms with Crippen LogP contribution in [0.1, 0.15) is 5.56 Å². The number of ether oxygens (including phenoxy) is 1. The van der Waals surface area contributed by atoms with Crippen molar-refractivity contribution < 1.29 is 19.0 Å². The van der Waals surface area contributed by atoms with Crippen molar-refractivity contribution >= 4 is 24.4 Å². The maximum absolute atomic E-state index is 13.1. The fourth-order valence-corrected chi connectivity index (χ4v) is 2.32. The summed E-state index contributed by atoms with van der Waals surface area (Å²) in [7, 11) is 0. The van der Waals surface area contributed by atoms with Gasteiger partial charge in [-0.1, -0.05) is 12.1 Å². The van der Waals surface area contributed by atoms with Crippen molar-refractivity contribution in [3.8, 4) is 17.1 Å². The maximum Gasteiger partial charge on any atom is 0.341 e. The number of carboxylic acid groups (broad SMARTS) is 1. The molecule has 7 nitrogen and oxygen atoms in total. The van der Waals surface area contributed by atoms with E-state index < -0.39 is 12.6 Å². The van der Waals surface area contributed by atoms with Gasteiger partial charge in [0.1, 0.15) is 11.6 Å². The topological polar surface area (TPSA) is 92.5 Å². The highest BCUT2D eigenvalue weighted by Crippen LogP contribution is 2.18. The molecule has 132 valence electrons. The van der Waals surface area contributed by atoms with Crippen LogP contribution in [0.25, 0.3) is 11.4 Å². The van der Waals surface area contributed by atoms with Crippen LogP contribution in [0.5, 0.6) is 5.75 Å². The number of hydrogen-bond acceptors (Lipinski definition) is 5. The van der Waals surface area contributed by atoms with E-state index in [0.717, 1.165) is 0 Å². The van der Waals surface area contributed by atoms with E-state index in [-0.39, 0.29) is 10.6 Å². The molecule has 0 saturated heterocycles. The summed E-state index contributed by atoms with van der Waals surface area (Å²) in [5.41, 5.74) is 1.33. The predicted molar refractivity (Wildman–Crippen MR) is 95.4 cm³/mol. The van der Waals surface area contributed by atoms with Crippen LogP contribution in [0, 0.1) is 10.6 Å². The molecule has 2 aromatic carbocycles. The van der Waals surface area contributed by atoms with E-state index in [1.807, 2.05) is 0 Å². The number of nitrogens with one attached hydrogen (secondary N) is 1. The van der Waals surface area contributed by atoms with Crippen LogP contribution in [0.3, 0.4) is 0 Å². The minimum Gasteiger partial charge on any atom is -0.482 e. The summed E-state index contributed by atoms with van der Waals surface area (Å²) < 4.78 is 19.9. The van der Waals surface area contributed by atoms with Crippen LogP contribution in [0.4, 0.5) is 4.39 Å². The number of hydrogen-bond donors (Lipinski definition) is 2. The molecule has 3 aromatic rings. The molecule has 1 aromatic heterocycles. The summed E-state index contributed by atoms with van der Waals surface area (Å²) in [6.07, 6.45) is 1.53. The highest BCUT2D eigenvalue weighted by Gasteiger charge is 2.08. The molecule has 0 aliphatic heterocycles. The Morgan fingerprint density at radius 1 is 1.35 bits per heavy atom. The minimum absolute atomic E-state index is 0.277. The van der Waals surface area contributed by atoms with Gasteiger partial charge >= 0.3 is 5.97 Å². The van der Waals surface area contributed by atoms with E-state index in [0.29, 0.717) is 22.7 Å². The van der Waals surface area contributed by atoms with Gasteiger partial charge in [-0.3, -0.25) is 0 Å². The molecule has 26 heavy (non-hydrogen) atoms. The molecule has 9 heteroatoms. The largest absolute Gasteiger partial charge is 0.482 e. The Hall–Kier alpha value is -3.33. The van der Waals surface area contributed by atoms with E-state index >= 15 is 0 Å². The Labute approximate surface area is 152 Å². The normalized spacial score (nSPS) is 11.0. The first-order valence-electron chi connectivity index (χ1n) is 7.45. The number of aromatic amines is 1. The molecule has 0 amide bonds. The third-order valence-corrected chi connectivity index (χ3v) is 3.56. The van der Waals surface area contributed by atoms with Crippen molar-refractivity contribution in [1.29, 1.82) is 0 Å². The first kappa shape index (κ1) is 17.5. The van der Waals surface area contributed by atoms with Crippen molar-refractivity contribution in [3.63, 3.8) is 0 Å². The summed E-state index contributed by atoms with van der Waals surface area (Å²) in [6.45, 7) is -0.428. The van der Waals surface area contributed by atoms with Gasteiger partial charge in [0.25, 0.3) is 0 Å². The van der Waals surface area contributed by atoms with Gasteiger partial charge in [-0.15, -0.1) is 0 Å². The van der Waals surface area contributed by atoms with Gasteiger partial charge in [-0.2, -0.15) is 14.9 Å². The zero-order valence-corrected chi connectivity index (χ0v) is 14.1. The van der Waals surface area contributed by atoms with E-state index in [1.54, 1.807) is 36.4 Å². The second-order valence-corrected chi connectivity index (χ2v) is 5.56. The Bertz CT molecular complexity index is 1010. The minimum atomic E-state index is -1.06. The third kappa shape index (κ3) is 4.19. The second kappa shape index (κ2) is 7.70. The molecule has 0 fully saturated rings. The summed E-state index contributed by atoms with van der Waals surface area (Å²) >= 11 is 5.18. The summed E-state index contributed by atoms with van der Waals surface area (Å²) in [4.78, 5) is 10.6. The summed E-state index contributed by atoms with van der Waals surface area (Å²) in [5, 5.41) is 19.7. The van der Waals surface area contributed by atoms with Gasteiger partial charge < -0.3 is 9.84 Å². The van der Waals surface area contributed by atoms with E-state index in [4.69, 9.17) is 22.1 Å². The SMILES string of the molecule is O=C(O)COc1cccc(/C=N/n2c(-c3ccc(F)cc3)n[nH]c2=S)c1. The zero-order chi connectivity index (χ0) is 18.5. The predicted octanol–water partition coefficient (Wildman–Crippen LogP) is 3.09. The molecular formula is C17H13FN4O3S. The molecule has 0 unspecified atom stereocenters. The average molecular weight is 372 g/mol. The van der Waals surface area contributed by atoms with Crippen molar-refractivity contribution in [3.05, 3.63) is 64.7 Å². The molecule has 3 rings (SSSR count). The van der Waals surface area contributed by atoms with Gasteiger partial charge in [0.15, 0.2) is 12.4 Å². The molecule has 0 bridgehead atoms. The lowest BCUT2D eigenvalue weighted by molar-refractivity contribution is -0.139. The van der Waals surface area contributed by atoms with Crippen LogP contribution in [0.2, 0.25) is 0 Å². The number of carboxylic acids is 1. The lowest BCUT2D eigenvalue weighted by atomic mass is 10.2. The third-order valence-electron chi connectivity index (χ3n) is 3.30. The number of aliphatic carboxylic acids is 1. The molecule has 2 N–H and O–H groups in total. The van der Waals surface area contributed by atoms with Crippen LogP contribution in [0.15, 0.2) is 53.6 Å². The van der Waals surface area contributed by atoms with E-state index in [9.17, 15) is 9.18 Å². The molecule has 0 saturated carbocycles. The number of H-pyrrole nitrogens is 1. The fourth-order valence-electron chi connectivity index (χ4n) is 2.14. The van der Waals surface area contributed by atoms with E-state index in [2.05, 4.69) is 15.3 Å². The second-order valence-electron chi connectivity index (χ2n) is 5.17. The lowest BCUT2D eigenvalue weighted by Crippen LogP contribution is -2.09. The smallest absolute Gasteiger partial charge is 0.341 e. The number of nitrogens with zero attached hydrogens (tertiary/aromatic N) is 3. The Morgan fingerprint density at radius 2 is 2.12 bits per heavy atom. The standard InChI is InChI=1S/C17H13FN4O3S/c18-13-6-4-12(5-7-13)16-20-21-17(26)22(16)19-9-11-2-1-3-14(8-11)25-10-15(23)24/h1-9H,10H2,(H,21,26)(H,23,24)/b19-9+. The van der Waals surface area contributed by atoms with Crippen LogP contribution in [-0.2, 0) is 4.79 Å². The van der Waals surface area contributed by atoms with E-state index in [1.165, 1.54) is 23.0 Å². The van der Waals surface area contributed by atoms with Crippen molar-refractivity contribution in [2.45, 2.75) is 0 Å². The maximum atomic E-state index is 13.1. The Morgan fingerprint density at radius 3 is 2.85 bits per heavy atom. The molecular weight excluding hydrogens is 359 g/mol. The monoisotopic (exact) mass is 372 g/mol. The molecule has 0 atom stereocenters. The van der Waals surface area contributed by atoms with Crippen molar-refractivity contribution in [2.24, 2.45) is 5.10 Å². The van der Waals surface area contributed by atoms with Gasteiger partial charge in [-0.05, 0) is 54.2 Å². The van der Waals surface area contributed by atoms with Gasteiger partial charge in [0, 0.05) is 5.56 Å². The average Bonchev–Trinajstić information content (AvgIpc) is 3.00. The molecule has 0 aliphatic carbocycles. The van der Waals surface area contributed by atoms with Crippen LogP contribution >= 0.6 is 12.2 Å². The molecule has 0 spiro atoms. The fraction of sp³-hybridized carbons (Fsp3) is 0.0588. The lowest BCUT2D eigenvalue weighted by Gasteiger charge is -2.04. The number of aromatic nitrogens is 3. The van der Waals surface area contributed by atoms with Gasteiger partial charge in [0.05, 0.1) is 6.21 Å². The summed E-state index contributed by atoms with van der Waals surface area (Å²) in [5.74, 6) is -0.566. The number of halogens is 1. The number of carbonyl (C=O) groups is 1. The number of rotatable bonds is 6. The van der Waals surface area contributed by atoms with Gasteiger partial charge in [-0.25, -0.2) is 14.3 Å². The van der Waals surface area contributed by atoms with Crippen molar-refractivity contribution in [1.82, 2.24) is 14.9 Å². The first-order chi connectivity index (χ1) is 12.5. The summed E-state index contributed by atoms with van der Waals surface area (Å²) in [6, 6.07) is 12.6. The highest BCUT2D eigenvalue weighted by atomic mass is 32.1. The molecule has 0 radical (unpaired) electrons. The van der Waals surface area contributed by atoms with Crippen LogP contribution in [-0.4, -0.2) is 38.8 Å². The molecule has 1 heterocycles. The molecule has 0 aliphatic rings. The quantitative estimate of drug-likeness (QED) is 0.512. The zero-order valence-electron chi connectivity index (χ0n) is 13.3. The van der Waals surface area contributed by atoms with Crippen LogP contribution < -0.4 is 4.74 Å². The Kier molecular flexibility index (Phi) is 5.18. The number of benzene rings is 2. The Balaban J connectivity index is 1.86. The highest BCUT2D eigenvalue weighted by molar-refractivity contribution is 7.71. The van der Waals surface area contributed by atoms with Crippen molar-refractivity contribution in [2.75, 3.05) is 6.61 Å². The van der Waals surface area contributed by atoms with Gasteiger partial charge in [0.2, 0.25) is 4.77 Å². The first-order valence-corrected chi connectivity index (χ1v) is 7.86.